The number of fused-ring (bicyclic) bond motifs is 1. The van der Waals surface area contributed by atoms with Crippen LogP contribution in [0.2, 0.25) is 5.02 Å². The summed E-state index contributed by atoms with van der Waals surface area (Å²) in [4.78, 5) is 14.5. The fourth-order valence-electron chi connectivity index (χ4n) is 2.74. The fourth-order valence-corrected chi connectivity index (χ4v) is 2.91. The first-order chi connectivity index (χ1) is 11.6. The topological polar surface area (TPSA) is 41.6 Å². The fraction of sp³-hybridized carbons (Fsp3) is 0.316. The van der Waals surface area contributed by atoms with E-state index in [4.69, 9.17) is 16.3 Å². The molecule has 1 heterocycles. The molecule has 1 aliphatic heterocycles. The van der Waals surface area contributed by atoms with Crippen LogP contribution in [0.1, 0.15) is 25.8 Å². The zero-order chi connectivity index (χ0) is 17.1. The lowest BCUT2D eigenvalue weighted by molar-refractivity contribution is 0.188. The van der Waals surface area contributed by atoms with Crippen LogP contribution in [0.4, 0.5) is 16.2 Å². The molecule has 0 aliphatic carbocycles. The summed E-state index contributed by atoms with van der Waals surface area (Å²) in [5, 5.41) is 3.54. The molecule has 2 aromatic rings. The Morgan fingerprint density at radius 2 is 2.00 bits per heavy atom. The van der Waals surface area contributed by atoms with E-state index in [0.29, 0.717) is 23.0 Å². The van der Waals surface area contributed by atoms with Gasteiger partial charge in [0.05, 0.1) is 12.2 Å². The van der Waals surface area contributed by atoms with Gasteiger partial charge in [-0.15, -0.1) is 0 Å². The van der Waals surface area contributed by atoms with Crippen molar-refractivity contribution in [3.05, 3.63) is 53.1 Å². The van der Waals surface area contributed by atoms with Gasteiger partial charge in [0.1, 0.15) is 11.9 Å². The Bertz CT molecular complexity index is 731. The average Bonchev–Trinajstić information content (AvgIpc) is 2.61. The number of urea groups is 1. The van der Waals surface area contributed by atoms with Crippen molar-refractivity contribution in [3.8, 4) is 5.75 Å². The minimum atomic E-state index is -0.176. The van der Waals surface area contributed by atoms with Crippen molar-refractivity contribution in [3.63, 3.8) is 0 Å². The highest BCUT2D eigenvalue weighted by molar-refractivity contribution is 6.31. The van der Waals surface area contributed by atoms with Gasteiger partial charge in [-0.1, -0.05) is 37.6 Å². The Hall–Kier alpha value is -2.20. The second-order valence-electron chi connectivity index (χ2n) is 5.85. The second kappa shape index (κ2) is 7.14. The summed E-state index contributed by atoms with van der Waals surface area (Å²) in [6, 6.07) is 13.1. The Morgan fingerprint density at radius 1 is 1.25 bits per heavy atom. The largest absolute Gasteiger partial charge is 0.486 e. The molecule has 0 aromatic heterocycles. The smallest absolute Gasteiger partial charge is 0.326 e. The van der Waals surface area contributed by atoms with Gasteiger partial charge >= 0.3 is 6.03 Å². The average molecular weight is 345 g/mol. The van der Waals surface area contributed by atoms with Crippen molar-refractivity contribution in [2.24, 2.45) is 0 Å². The first kappa shape index (κ1) is 16.7. The van der Waals surface area contributed by atoms with Crippen molar-refractivity contribution < 1.29 is 9.53 Å². The predicted octanol–water partition coefficient (Wildman–Crippen LogP) is 5.11. The third-order valence-electron chi connectivity index (χ3n) is 4.21. The number of anilines is 2. The van der Waals surface area contributed by atoms with Crippen LogP contribution in [0.5, 0.6) is 5.75 Å². The summed E-state index contributed by atoms with van der Waals surface area (Å²) in [6.45, 7) is 4.65. The highest BCUT2D eigenvalue weighted by atomic mass is 35.5. The van der Waals surface area contributed by atoms with E-state index < -0.39 is 0 Å². The summed E-state index contributed by atoms with van der Waals surface area (Å²) in [6.07, 6.45) is 1.78. The standard InChI is InChI=1S/C19H21ClN2O2/c1-3-13-5-8-15(9-6-13)21-19(23)22-12-16(4-2)24-18-10-7-14(20)11-17(18)22/h5-11,16H,3-4,12H2,1-2H3,(H,21,23). The van der Waals surface area contributed by atoms with E-state index in [1.165, 1.54) is 5.56 Å². The quantitative estimate of drug-likeness (QED) is 0.840. The molecule has 0 saturated carbocycles. The molecule has 2 amide bonds. The number of carbonyl (C=O) groups excluding carboxylic acids is 1. The number of aryl methyl sites for hydroxylation is 1. The number of nitrogens with one attached hydrogen (secondary N) is 1. The van der Waals surface area contributed by atoms with E-state index in [9.17, 15) is 4.79 Å². The molecular formula is C19H21ClN2O2. The zero-order valence-corrected chi connectivity index (χ0v) is 14.6. The van der Waals surface area contributed by atoms with Crippen LogP contribution in [0.15, 0.2) is 42.5 Å². The molecule has 4 nitrogen and oxygen atoms in total. The van der Waals surface area contributed by atoms with E-state index in [1.54, 1.807) is 17.0 Å². The van der Waals surface area contributed by atoms with Crippen molar-refractivity contribution >= 4 is 29.0 Å². The van der Waals surface area contributed by atoms with Gasteiger partial charge in [0.15, 0.2) is 0 Å². The first-order valence-corrected chi connectivity index (χ1v) is 8.62. The molecule has 1 aliphatic rings. The van der Waals surface area contributed by atoms with Crippen molar-refractivity contribution in [1.29, 1.82) is 0 Å². The SMILES string of the molecule is CCc1ccc(NC(=O)N2CC(CC)Oc3ccc(Cl)cc32)cc1. The van der Waals surface area contributed by atoms with Crippen LogP contribution in [-0.4, -0.2) is 18.7 Å². The van der Waals surface area contributed by atoms with Gasteiger partial charge in [-0.05, 0) is 48.7 Å². The minimum Gasteiger partial charge on any atom is -0.486 e. The van der Waals surface area contributed by atoms with Crippen LogP contribution in [0.25, 0.3) is 0 Å². The van der Waals surface area contributed by atoms with Gasteiger partial charge in [0.25, 0.3) is 0 Å². The molecule has 0 radical (unpaired) electrons. The monoisotopic (exact) mass is 344 g/mol. The number of ether oxygens (including phenoxy) is 1. The lowest BCUT2D eigenvalue weighted by atomic mass is 10.1. The Morgan fingerprint density at radius 3 is 2.67 bits per heavy atom. The highest BCUT2D eigenvalue weighted by Gasteiger charge is 2.29. The van der Waals surface area contributed by atoms with Crippen molar-refractivity contribution in [1.82, 2.24) is 0 Å². The van der Waals surface area contributed by atoms with Gasteiger partial charge in [-0.25, -0.2) is 4.79 Å². The summed E-state index contributed by atoms with van der Waals surface area (Å²) in [5.74, 6) is 0.689. The normalized spacial score (nSPS) is 16.3. The Balaban J connectivity index is 1.84. The van der Waals surface area contributed by atoms with E-state index in [2.05, 4.69) is 12.2 Å². The van der Waals surface area contributed by atoms with Crippen LogP contribution >= 0.6 is 11.6 Å². The van der Waals surface area contributed by atoms with E-state index >= 15 is 0 Å². The molecule has 1 atom stereocenters. The Kier molecular flexibility index (Phi) is 4.95. The third kappa shape index (κ3) is 3.49. The molecule has 0 spiro atoms. The highest BCUT2D eigenvalue weighted by Crippen LogP contribution is 2.36. The number of halogens is 1. The number of rotatable bonds is 3. The summed E-state index contributed by atoms with van der Waals surface area (Å²) >= 11 is 6.10. The van der Waals surface area contributed by atoms with Crippen LogP contribution < -0.4 is 15.0 Å². The maximum Gasteiger partial charge on any atom is 0.326 e. The molecular weight excluding hydrogens is 324 g/mol. The van der Waals surface area contributed by atoms with Gasteiger partial charge in [0, 0.05) is 10.7 Å². The van der Waals surface area contributed by atoms with Crippen LogP contribution in [-0.2, 0) is 6.42 Å². The van der Waals surface area contributed by atoms with Crippen LogP contribution in [0, 0.1) is 0 Å². The zero-order valence-electron chi connectivity index (χ0n) is 13.9. The molecule has 0 bridgehead atoms. The van der Waals surface area contributed by atoms with Gasteiger partial charge in [-0.3, -0.25) is 4.90 Å². The van der Waals surface area contributed by atoms with Gasteiger partial charge in [-0.2, -0.15) is 0 Å². The van der Waals surface area contributed by atoms with E-state index in [-0.39, 0.29) is 12.1 Å². The van der Waals surface area contributed by atoms with Gasteiger partial charge in [0.2, 0.25) is 0 Å². The number of benzene rings is 2. The van der Waals surface area contributed by atoms with Crippen molar-refractivity contribution in [2.45, 2.75) is 32.8 Å². The van der Waals surface area contributed by atoms with E-state index in [1.807, 2.05) is 37.3 Å². The molecule has 2 aromatic carbocycles. The predicted molar refractivity (Wildman–Crippen MR) is 98.3 cm³/mol. The van der Waals surface area contributed by atoms with E-state index in [0.717, 1.165) is 18.5 Å². The van der Waals surface area contributed by atoms with Crippen molar-refractivity contribution in [2.75, 3.05) is 16.8 Å². The minimum absolute atomic E-state index is 0.0214. The molecule has 0 saturated heterocycles. The lowest BCUT2D eigenvalue weighted by Gasteiger charge is -2.34. The maximum absolute atomic E-state index is 12.8. The number of hydrogen-bond acceptors (Lipinski definition) is 2. The summed E-state index contributed by atoms with van der Waals surface area (Å²) in [5.41, 5.74) is 2.72. The van der Waals surface area contributed by atoms with Crippen LogP contribution in [0.3, 0.4) is 0 Å². The van der Waals surface area contributed by atoms with Gasteiger partial charge < -0.3 is 10.1 Å². The molecule has 24 heavy (non-hydrogen) atoms. The lowest BCUT2D eigenvalue weighted by Crippen LogP contribution is -2.45. The third-order valence-corrected chi connectivity index (χ3v) is 4.44. The number of hydrogen-bond donors (Lipinski definition) is 1. The number of nitrogens with zero attached hydrogens (tertiary/aromatic N) is 1. The molecule has 0 fully saturated rings. The Labute approximate surface area is 147 Å². The number of carbonyl (C=O) groups is 1. The summed E-state index contributed by atoms with van der Waals surface area (Å²) < 4.78 is 5.92. The number of amides is 2. The second-order valence-corrected chi connectivity index (χ2v) is 6.29. The summed E-state index contributed by atoms with van der Waals surface area (Å²) in [7, 11) is 0. The maximum atomic E-state index is 12.8. The molecule has 3 rings (SSSR count). The molecule has 5 heteroatoms. The molecule has 1 N–H and O–H groups in total. The first-order valence-electron chi connectivity index (χ1n) is 8.24. The molecule has 126 valence electrons. The molecule has 1 unspecified atom stereocenters.